The van der Waals surface area contributed by atoms with Crippen molar-refractivity contribution >= 4 is 11.7 Å². The van der Waals surface area contributed by atoms with Crippen LogP contribution in [0.2, 0.25) is 0 Å². The van der Waals surface area contributed by atoms with Crippen molar-refractivity contribution in [1.29, 1.82) is 0 Å². The van der Waals surface area contributed by atoms with E-state index in [1.165, 1.54) is 0 Å². The van der Waals surface area contributed by atoms with E-state index in [4.69, 9.17) is 5.11 Å². The van der Waals surface area contributed by atoms with Crippen molar-refractivity contribution in [3.8, 4) is 0 Å². The summed E-state index contributed by atoms with van der Waals surface area (Å²) in [6.45, 7) is 4.60. The average Bonchev–Trinajstić information content (AvgIpc) is 2.59. The van der Waals surface area contributed by atoms with Gasteiger partial charge in [-0.25, -0.2) is 4.79 Å². The standard InChI is InChI=1S/C11H16N2O2/c1-5-7-3-6-8(4-11(5,7)2)12-13-9(6)10(14)15/h5-8,12H,3-4H2,1-2H3,(H,14,15)/t5-,6?,7?,8?,11-/m0/s1. The van der Waals surface area contributed by atoms with Gasteiger partial charge in [-0.05, 0) is 30.1 Å². The number of hydrazone groups is 1. The summed E-state index contributed by atoms with van der Waals surface area (Å²) in [4.78, 5) is 11.0. The SMILES string of the molecule is C[C@H]1C2CC3C(C(=O)O)=NNC3C[C@]21C. The van der Waals surface area contributed by atoms with Crippen LogP contribution < -0.4 is 5.43 Å². The van der Waals surface area contributed by atoms with Crippen LogP contribution in [0.3, 0.4) is 0 Å². The first-order chi connectivity index (χ1) is 7.04. The van der Waals surface area contributed by atoms with Crippen molar-refractivity contribution in [2.45, 2.75) is 32.7 Å². The normalized spacial score (nSPS) is 51.2. The van der Waals surface area contributed by atoms with E-state index in [2.05, 4.69) is 24.4 Å². The largest absolute Gasteiger partial charge is 0.477 e. The number of rotatable bonds is 1. The van der Waals surface area contributed by atoms with Gasteiger partial charge in [-0.2, -0.15) is 5.10 Å². The zero-order valence-corrected chi connectivity index (χ0v) is 9.03. The predicted octanol–water partition coefficient (Wildman–Crippen LogP) is 1.08. The minimum atomic E-state index is -0.855. The highest BCUT2D eigenvalue weighted by atomic mass is 16.4. The molecule has 0 aromatic heterocycles. The lowest BCUT2D eigenvalue weighted by molar-refractivity contribution is -0.129. The van der Waals surface area contributed by atoms with Crippen LogP contribution in [0, 0.1) is 23.2 Å². The second-order valence-electron chi connectivity index (χ2n) is 5.49. The summed E-state index contributed by atoms with van der Waals surface area (Å²) >= 11 is 0. The van der Waals surface area contributed by atoms with E-state index < -0.39 is 5.97 Å². The van der Waals surface area contributed by atoms with Gasteiger partial charge in [0.1, 0.15) is 5.71 Å². The average molecular weight is 208 g/mol. The molecular weight excluding hydrogens is 192 g/mol. The van der Waals surface area contributed by atoms with Crippen LogP contribution in [0.25, 0.3) is 0 Å². The molecule has 0 aromatic carbocycles. The van der Waals surface area contributed by atoms with E-state index in [-0.39, 0.29) is 12.0 Å². The fourth-order valence-electron chi connectivity index (χ4n) is 3.65. The molecular formula is C11H16N2O2. The maximum Gasteiger partial charge on any atom is 0.352 e. The van der Waals surface area contributed by atoms with Crippen molar-refractivity contribution in [3.05, 3.63) is 0 Å². The Morgan fingerprint density at radius 2 is 2.40 bits per heavy atom. The molecule has 3 rings (SSSR count). The predicted molar refractivity (Wildman–Crippen MR) is 55.5 cm³/mol. The van der Waals surface area contributed by atoms with Crippen molar-refractivity contribution in [2.75, 3.05) is 0 Å². The number of carboxylic acid groups (broad SMARTS) is 1. The van der Waals surface area contributed by atoms with Crippen molar-refractivity contribution in [1.82, 2.24) is 5.43 Å². The Balaban J connectivity index is 1.83. The first-order valence-electron chi connectivity index (χ1n) is 5.60. The maximum absolute atomic E-state index is 11.0. The molecule has 2 N–H and O–H groups in total. The fourth-order valence-corrected chi connectivity index (χ4v) is 3.65. The Kier molecular flexibility index (Phi) is 1.56. The lowest BCUT2D eigenvalue weighted by Gasteiger charge is -2.28. The Hall–Kier alpha value is -1.06. The summed E-state index contributed by atoms with van der Waals surface area (Å²) in [5, 5.41) is 13.0. The number of fused-ring (bicyclic) bond motifs is 2. The van der Waals surface area contributed by atoms with Crippen LogP contribution in [-0.4, -0.2) is 22.8 Å². The molecule has 82 valence electrons. The zero-order chi connectivity index (χ0) is 10.8. The molecule has 5 atom stereocenters. The molecule has 0 spiro atoms. The first-order valence-corrected chi connectivity index (χ1v) is 5.60. The van der Waals surface area contributed by atoms with Crippen molar-refractivity contribution in [3.63, 3.8) is 0 Å². The van der Waals surface area contributed by atoms with E-state index >= 15 is 0 Å². The number of aliphatic carboxylic acids is 1. The highest BCUT2D eigenvalue weighted by molar-refractivity contribution is 6.37. The van der Waals surface area contributed by atoms with Crippen LogP contribution >= 0.6 is 0 Å². The Labute approximate surface area is 88.7 Å². The molecule has 0 aromatic rings. The maximum atomic E-state index is 11.0. The number of nitrogens with zero attached hydrogens (tertiary/aromatic N) is 1. The van der Waals surface area contributed by atoms with Crippen LogP contribution in [0.1, 0.15) is 26.7 Å². The van der Waals surface area contributed by atoms with E-state index in [9.17, 15) is 4.79 Å². The molecule has 1 heterocycles. The van der Waals surface area contributed by atoms with Crippen molar-refractivity contribution < 1.29 is 9.90 Å². The number of hydrogen-bond acceptors (Lipinski definition) is 3. The number of carboxylic acids is 1. The van der Waals surface area contributed by atoms with E-state index in [1.807, 2.05) is 0 Å². The van der Waals surface area contributed by atoms with Gasteiger partial charge in [-0.3, -0.25) is 0 Å². The van der Waals surface area contributed by atoms with Crippen LogP contribution in [0.4, 0.5) is 0 Å². The highest BCUT2D eigenvalue weighted by Gasteiger charge is 2.64. The summed E-state index contributed by atoms with van der Waals surface area (Å²) < 4.78 is 0. The molecule has 0 bridgehead atoms. The third-order valence-electron chi connectivity index (χ3n) is 4.96. The molecule has 4 nitrogen and oxygen atoms in total. The topological polar surface area (TPSA) is 61.7 Å². The molecule has 3 aliphatic rings. The van der Waals surface area contributed by atoms with Gasteiger partial charge < -0.3 is 10.5 Å². The van der Waals surface area contributed by atoms with Gasteiger partial charge in [0.2, 0.25) is 0 Å². The van der Waals surface area contributed by atoms with Crippen LogP contribution in [0.15, 0.2) is 5.10 Å². The summed E-state index contributed by atoms with van der Waals surface area (Å²) in [5.74, 6) is 0.751. The Bertz CT molecular complexity index is 366. The third-order valence-corrected chi connectivity index (χ3v) is 4.96. The monoisotopic (exact) mass is 208 g/mol. The zero-order valence-electron chi connectivity index (χ0n) is 9.03. The lowest BCUT2D eigenvalue weighted by Crippen LogP contribution is -2.38. The molecule has 0 radical (unpaired) electrons. The van der Waals surface area contributed by atoms with Gasteiger partial charge in [0.15, 0.2) is 0 Å². The first kappa shape index (κ1) is 9.19. The van der Waals surface area contributed by atoms with Crippen molar-refractivity contribution in [2.24, 2.45) is 28.3 Å². The van der Waals surface area contributed by atoms with Gasteiger partial charge in [0, 0.05) is 5.92 Å². The number of hydrogen-bond donors (Lipinski definition) is 2. The molecule has 15 heavy (non-hydrogen) atoms. The van der Waals surface area contributed by atoms with Gasteiger partial charge in [-0.1, -0.05) is 13.8 Å². The second kappa shape index (κ2) is 2.54. The molecule has 0 saturated heterocycles. The van der Waals surface area contributed by atoms with Gasteiger partial charge in [-0.15, -0.1) is 0 Å². The van der Waals surface area contributed by atoms with Crippen LogP contribution in [0.5, 0.6) is 0 Å². The lowest BCUT2D eigenvalue weighted by atomic mass is 9.77. The van der Waals surface area contributed by atoms with Gasteiger partial charge in [0.25, 0.3) is 0 Å². The third kappa shape index (κ3) is 1.02. The summed E-state index contributed by atoms with van der Waals surface area (Å²) in [7, 11) is 0. The van der Waals surface area contributed by atoms with E-state index in [0.29, 0.717) is 17.0 Å². The fraction of sp³-hybridized carbons (Fsp3) is 0.818. The smallest absolute Gasteiger partial charge is 0.352 e. The summed E-state index contributed by atoms with van der Waals surface area (Å²) in [5.41, 5.74) is 3.79. The Morgan fingerprint density at radius 1 is 1.67 bits per heavy atom. The van der Waals surface area contributed by atoms with Crippen LogP contribution in [-0.2, 0) is 4.79 Å². The number of nitrogens with one attached hydrogen (secondary N) is 1. The quantitative estimate of drug-likeness (QED) is 0.678. The highest BCUT2D eigenvalue weighted by Crippen LogP contribution is 2.67. The minimum absolute atomic E-state index is 0.144. The number of carbonyl (C=O) groups is 1. The van der Waals surface area contributed by atoms with Gasteiger partial charge >= 0.3 is 5.97 Å². The molecule has 1 aliphatic heterocycles. The second-order valence-corrected chi connectivity index (χ2v) is 5.49. The van der Waals surface area contributed by atoms with E-state index in [1.54, 1.807) is 0 Å². The molecule has 2 fully saturated rings. The molecule has 2 aliphatic carbocycles. The minimum Gasteiger partial charge on any atom is -0.477 e. The summed E-state index contributed by atoms with van der Waals surface area (Å²) in [6.07, 6.45) is 2.07. The molecule has 4 heteroatoms. The van der Waals surface area contributed by atoms with Gasteiger partial charge in [0.05, 0.1) is 6.04 Å². The summed E-state index contributed by atoms with van der Waals surface area (Å²) in [6, 6.07) is 0.266. The van der Waals surface area contributed by atoms with E-state index in [0.717, 1.165) is 18.8 Å². The molecule has 0 amide bonds. The Morgan fingerprint density at radius 3 is 3.07 bits per heavy atom. The molecule has 2 saturated carbocycles. The molecule has 3 unspecified atom stereocenters.